The van der Waals surface area contributed by atoms with E-state index in [9.17, 15) is 18.0 Å². The van der Waals surface area contributed by atoms with Crippen LogP contribution in [0, 0.1) is 5.92 Å². The summed E-state index contributed by atoms with van der Waals surface area (Å²) >= 11 is 0. The molecule has 0 aliphatic heterocycles. The number of hydrogen-bond acceptors (Lipinski definition) is 3. The molecule has 0 aromatic heterocycles. The molecule has 0 fully saturated rings. The van der Waals surface area contributed by atoms with Gasteiger partial charge in [0.2, 0.25) is 0 Å². The Morgan fingerprint density at radius 3 is 2.38 bits per heavy atom. The Labute approximate surface area is 72.5 Å². The zero-order valence-electron chi connectivity index (χ0n) is 6.67. The quantitative estimate of drug-likeness (QED) is 0.667. The van der Waals surface area contributed by atoms with Crippen molar-refractivity contribution in [2.45, 2.75) is 6.18 Å². The summed E-state index contributed by atoms with van der Waals surface area (Å²) in [5, 5.41) is 8.06. The Morgan fingerprint density at radius 2 is 2.08 bits per heavy atom. The number of aliphatic carboxylic acids is 1. The maximum atomic E-state index is 11.9. The second kappa shape index (κ2) is 5.03. The van der Waals surface area contributed by atoms with E-state index in [1.54, 1.807) is 0 Å². The average molecular weight is 201 g/mol. The normalized spacial score (nSPS) is 14.2. The van der Waals surface area contributed by atoms with Crippen LogP contribution < -0.4 is 5.73 Å². The van der Waals surface area contributed by atoms with Crippen molar-refractivity contribution in [1.82, 2.24) is 0 Å². The lowest BCUT2D eigenvalue weighted by Crippen LogP contribution is -2.34. The van der Waals surface area contributed by atoms with E-state index in [4.69, 9.17) is 10.8 Å². The summed E-state index contributed by atoms with van der Waals surface area (Å²) < 4.78 is 40.1. The third-order valence-corrected chi connectivity index (χ3v) is 1.29. The Morgan fingerprint density at radius 1 is 1.54 bits per heavy atom. The highest BCUT2D eigenvalue weighted by molar-refractivity contribution is 5.67. The maximum Gasteiger partial charge on any atom is 0.395 e. The van der Waals surface area contributed by atoms with Crippen LogP contribution in [0.4, 0.5) is 13.2 Å². The SMILES string of the molecule is NC[C@H](COCC(=O)O)C(F)(F)F. The van der Waals surface area contributed by atoms with E-state index in [2.05, 4.69) is 4.74 Å². The molecule has 0 aliphatic rings. The van der Waals surface area contributed by atoms with Crippen molar-refractivity contribution >= 4 is 5.97 Å². The molecular weight excluding hydrogens is 191 g/mol. The summed E-state index contributed by atoms with van der Waals surface area (Å²) in [6.45, 7) is -2.07. The molecule has 3 N–H and O–H groups in total. The minimum Gasteiger partial charge on any atom is -0.480 e. The highest BCUT2D eigenvalue weighted by Crippen LogP contribution is 2.25. The number of carboxylic acid groups (broad SMARTS) is 1. The fourth-order valence-electron chi connectivity index (χ4n) is 0.585. The lowest BCUT2D eigenvalue weighted by atomic mass is 10.1. The Hall–Kier alpha value is -0.820. The van der Waals surface area contributed by atoms with Crippen LogP contribution in [0.1, 0.15) is 0 Å². The first-order valence-electron chi connectivity index (χ1n) is 3.44. The van der Waals surface area contributed by atoms with Gasteiger partial charge in [-0.15, -0.1) is 0 Å². The molecule has 0 aliphatic carbocycles. The van der Waals surface area contributed by atoms with Crippen LogP contribution in [0.2, 0.25) is 0 Å². The summed E-state index contributed by atoms with van der Waals surface area (Å²) in [6, 6.07) is 0. The van der Waals surface area contributed by atoms with Gasteiger partial charge in [-0.05, 0) is 0 Å². The summed E-state index contributed by atoms with van der Waals surface area (Å²) in [7, 11) is 0. The molecule has 4 nitrogen and oxygen atoms in total. The van der Waals surface area contributed by atoms with Gasteiger partial charge in [0, 0.05) is 6.54 Å². The molecule has 1 atom stereocenters. The van der Waals surface area contributed by atoms with Gasteiger partial charge in [-0.25, -0.2) is 4.79 Å². The molecule has 0 spiro atoms. The standard InChI is InChI=1S/C6H10F3NO3/c7-6(8,9)4(1-10)2-13-3-5(11)12/h4H,1-3,10H2,(H,11,12)/t4-/m1/s1. The lowest BCUT2D eigenvalue weighted by Gasteiger charge is -2.17. The number of halogens is 3. The molecule has 0 radical (unpaired) electrons. The first-order chi connectivity index (χ1) is 5.88. The molecular formula is C6H10F3NO3. The first-order valence-corrected chi connectivity index (χ1v) is 3.44. The van der Waals surface area contributed by atoms with Gasteiger partial charge in [0.1, 0.15) is 6.61 Å². The van der Waals surface area contributed by atoms with Crippen LogP contribution in [0.3, 0.4) is 0 Å². The van der Waals surface area contributed by atoms with E-state index < -0.39 is 37.8 Å². The van der Waals surface area contributed by atoms with Gasteiger partial charge < -0.3 is 15.6 Å². The second-order valence-corrected chi connectivity index (χ2v) is 2.38. The van der Waals surface area contributed by atoms with Crippen LogP contribution in [0.25, 0.3) is 0 Å². The van der Waals surface area contributed by atoms with Gasteiger partial charge in [-0.1, -0.05) is 0 Å². The topological polar surface area (TPSA) is 72.5 Å². The van der Waals surface area contributed by atoms with Crippen LogP contribution >= 0.6 is 0 Å². The van der Waals surface area contributed by atoms with Crippen molar-refractivity contribution in [3.8, 4) is 0 Å². The zero-order chi connectivity index (χ0) is 10.5. The summed E-state index contributed by atoms with van der Waals surface area (Å²) in [5.74, 6) is -3.11. The lowest BCUT2D eigenvalue weighted by molar-refractivity contribution is -0.187. The minimum absolute atomic E-state index is 0.608. The van der Waals surface area contributed by atoms with Gasteiger partial charge in [-0.3, -0.25) is 0 Å². The van der Waals surface area contributed by atoms with Crippen LogP contribution in [0.15, 0.2) is 0 Å². The summed E-state index contributed by atoms with van der Waals surface area (Å²) in [6.07, 6.45) is -4.44. The molecule has 78 valence electrons. The maximum absolute atomic E-state index is 11.9. The largest absolute Gasteiger partial charge is 0.480 e. The molecule has 0 bridgehead atoms. The van der Waals surface area contributed by atoms with Crippen molar-refractivity contribution in [3.05, 3.63) is 0 Å². The molecule has 0 aromatic rings. The molecule has 0 amide bonds. The number of hydrogen-bond donors (Lipinski definition) is 2. The predicted molar refractivity (Wildman–Crippen MR) is 37.1 cm³/mol. The molecule has 0 rings (SSSR count). The van der Waals surface area contributed by atoms with Crippen molar-refractivity contribution in [2.24, 2.45) is 11.7 Å². The van der Waals surface area contributed by atoms with E-state index in [-0.39, 0.29) is 0 Å². The van der Waals surface area contributed by atoms with Crippen LogP contribution in [-0.4, -0.2) is 37.0 Å². The van der Waals surface area contributed by atoms with Gasteiger partial charge >= 0.3 is 12.1 Å². The summed E-state index contributed by atoms with van der Waals surface area (Å²) in [4.78, 5) is 9.88. The van der Waals surface area contributed by atoms with E-state index in [0.717, 1.165) is 0 Å². The van der Waals surface area contributed by atoms with Gasteiger partial charge in [-0.2, -0.15) is 13.2 Å². The Bertz CT molecular complexity index is 171. The summed E-state index contributed by atoms with van der Waals surface area (Å²) in [5.41, 5.74) is 4.83. The smallest absolute Gasteiger partial charge is 0.395 e. The molecule has 0 aromatic carbocycles. The molecule has 0 unspecified atom stereocenters. The Kier molecular flexibility index (Phi) is 4.71. The van der Waals surface area contributed by atoms with Crippen LogP contribution in [0.5, 0.6) is 0 Å². The molecule has 13 heavy (non-hydrogen) atoms. The van der Waals surface area contributed by atoms with Gasteiger partial charge in [0.25, 0.3) is 0 Å². The van der Waals surface area contributed by atoms with E-state index >= 15 is 0 Å². The fraction of sp³-hybridized carbons (Fsp3) is 0.833. The van der Waals surface area contributed by atoms with Gasteiger partial charge in [0.05, 0.1) is 12.5 Å². The minimum atomic E-state index is -4.44. The molecule has 0 saturated carbocycles. The fourth-order valence-corrected chi connectivity index (χ4v) is 0.585. The van der Waals surface area contributed by atoms with E-state index in [0.29, 0.717) is 0 Å². The molecule has 0 saturated heterocycles. The third kappa shape index (κ3) is 5.42. The highest BCUT2D eigenvalue weighted by Gasteiger charge is 2.38. The number of alkyl halides is 3. The number of ether oxygens (including phenoxy) is 1. The molecule has 0 heterocycles. The average Bonchev–Trinajstić information content (AvgIpc) is 1.95. The number of carbonyl (C=O) groups is 1. The van der Waals surface area contributed by atoms with Crippen molar-refractivity contribution in [3.63, 3.8) is 0 Å². The van der Waals surface area contributed by atoms with Gasteiger partial charge in [0.15, 0.2) is 0 Å². The van der Waals surface area contributed by atoms with Crippen molar-refractivity contribution < 1.29 is 27.8 Å². The Balaban J connectivity index is 3.80. The van der Waals surface area contributed by atoms with Crippen LogP contribution in [-0.2, 0) is 9.53 Å². The predicted octanol–water partition coefficient (Wildman–Crippen LogP) is 0.225. The highest BCUT2D eigenvalue weighted by atomic mass is 19.4. The zero-order valence-corrected chi connectivity index (χ0v) is 6.67. The molecule has 7 heteroatoms. The van der Waals surface area contributed by atoms with E-state index in [1.165, 1.54) is 0 Å². The van der Waals surface area contributed by atoms with E-state index in [1.807, 2.05) is 0 Å². The third-order valence-electron chi connectivity index (χ3n) is 1.29. The monoisotopic (exact) mass is 201 g/mol. The second-order valence-electron chi connectivity index (χ2n) is 2.38. The van der Waals surface area contributed by atoms with Crippen molar-refractivity contribution in [2.75, 3.05) is 19.8 Å². The number of carboxylic acids is 1. The first kappa shape index (κ1) is 12.2. The number of rotatable bonds is 5. The number of nitrogens with two attached hydrogens (primary N) is 1. The van der Waals surface area contributed by atoms with Crippen molar-refractivity contribution in [1.29, 1.82) is 0 Å².